The molecule has 1 amide bonds. The van der Waals surface area contributed by atoms with Crippen LogP contribution in [0.4, 0.5) is 5.69 Å². The van der Waals surface area contributed by atoms with Crippen molar-refractivity contribution in [2.45, 2.75) is 25.8 Å². The molecule has 2 rings (SSSR count). The van der Waals surface area contributed by atoms with Gasteiger partial charge in [-0.15, -0.1) is 0 Å². The molecule has 1 atom stereocenters. The molecule has 7 nitrogen and oxygen atoms in total. The summed E-state index contributed by atoms with van der Waals surface area (Å²) >= 11 is 0. The molecule has 0 aliphatic rings. The molecule has 0 saturated carbocycles. The first-order chi connectivity index (χ1) is 11.9. The second-order valence-corrected chi connectivity index (χ2v) is 5.69. The van der Waals surface area contributed by atoms with E-state index in [9.17, 15) is 24.8 Å². The van der Waals surface area contributed by atoms with Crippen molar-refractivity contribution < 1.29 is 19.6 Å². The van der Waals surface area contributed by atoms with Crippen LogP contribution >= 0.6 is 0 Å². The summed E-state index contributed by atoms with van der Waals surface area (Å²) in [7, 11) is 0. The molecule has 7 heteroatoms. The van der Waals surface area contributed by atoms with Gasteiger partial charge in [0.15, 0.2) is 0 Å². The van der Waals surface area contributed by atoms with Gasteiger partial charge in [0.05, 0.1) is 11.3 Å². The number of aryl methyl sites for hydroxylation is 1. The third-order valence-electron chi connectivity index (χ3n) is 3.80. The summed E-state index contributed by atoms with van der Waals surface area (Å²) in [6.07, 6.45) is 0.0436. The minimum absolute atomic E-state index is 0.111. The summed E-state index contributed by atoms with van der Waals surface area (Å²) in [5.74, 6) is -1.63. The van der Waals surface area contributed by atoms with Crippen LogP contribution in [-0.2, 0) is 22.4 Å². The molecule has 0 fully saturated rings. The van der Waals surface area contributed by atoms with Crippen molar-refractivity contribution >= 4 is 17.6 Å². The SMILES string of the molecule is Cc1ccccc1C[C@@H](NC(=O)Cc1cccc([N+](=O)[O-])c1)C(=O)O. The molecule has 0 heterocycles. The number of carbonyl (C=O) groups is 2. The standard InChI is InChI=1S/C18H18N2O5/c1-12-5-2-3-7-14(12)11-16(18(22)23)19-17(21)10-13-6-4-8-15(9-13)20(24)25/h2-9,16H,10-11H2,1H3,(H,19,21)(H,22,23)/t16-/m1/s1. The quantitative estimate of drug-likeness (QED) is 0.592. The van der Waals surface area contributed by atoms with Crippen LogP contribution in [0.5, 0.6) is 0 Å². The van der Waals surface area contributed by atoms with Crippen LogP contribution in [0, 0.1) is 17.0 Å². The highest BCUT2D eigenvalue weighted by Gasteiger charge is 2.21. The molecule has 0 saturated heterocycles. The van der Waals surface area contributed by atoms with Gasteiger partial charge in [-0.05, 0) is 23.6 Å². The van der Waals surface area contributed by atoms with E-state index in [1.54, 1.807) is 6.07 Å². The minimum Gasteiger partial charge on any atom is -0.480 e. The van der Waals surface area contributed by atoms with Crippen LogP contribution in [0.25, 0.3) is 0 Å². The Morgan fingerprint density at radius 3 is 2.56 bits per heavy atom. The normalized spacial score (nSPS) is 11.6. The van der Waals surface area contributed by atoms with Crippen molar-refractivity contribution in [1.82, 2.24) is 5.32 Å². The summed E-state index contributed by atoms with van der Waals surface area (Å²) in [4.78, 5) is 33.8. The number of nitrogens with one attached hydrogen (secondary N) is 1. The first-order valence-electron chi connectivity index (χ1n) is 7.67. The van der Waals surface area contributed by atoms with Crippen LogP contribution in [0.1, 0.15) is 16.7 Å². The van der Waals surface area contributed by atoms with Crippen LogP contribution in [0.2, 0.25) is 0 Å². The topological polar surface area (TPSA) is 110 Å². The number of nitro benzene ring substituents is 1. The van der Waals surface area contributed by atoms with Gasteiger partial charge in [-0.1, -0.05) is 36.4 Å². The van der Waals surface area contributed by atoms with Crippen molar-refractivity contribution in [3.63, 3.8) is 0 Å². The number of amides is 1. The van der Waals surface area contributed by atoms with E-state index in [-0.39, 0.29) is 18.5 Å². The molecule has 2 aromatic rings. The largest absolute Gasteiger partial charge is 0.480 e. The third-order valence-corrected chi connectivity index (χ3v) is 3.80. The number of carbonyl (C=O) groups excluding carboxylic acids is 1. The lowest BCUT2D eigenvalue weighted by Gasteiger charge is -2.16. The molecule has 0 unspecified atom stereocenters. The van der Waals surface area contributed by atoms with Gasteiger partial charge in [-0.3, -0.25) is 14.9 Å². The monoisotopic (exact) mass is 342 g/mol. The molecule has 0 radical (unpaired) electrons. The van der Waals surface area contributed by atoms with E-state index in [2.05, 4.69) is 5.32 Å². The van der Waals surface area contributed by atoms with Crippen molar-refractivity contribution in [1.29, 1.82) is 0 Å². The molecule has 25 heavy (non-hydrogen) atoms. The van der Waals surface area contributed by atoms with Crippen molar-refractivity contribution in [2.75, 3.05) is 0 Å². The summed E-state index contributed by atoms with van der Waals surface area (Å²) in [5.41, 5.74) is 2.12. The van der Waals surface area contributed by atoms with E-state index in [0.717, 1.165) is 11.1 Å². The predicted molar refractivity (Wildman–Crippen MR) is 91.2 cm³/mol. The highest BCUT2D eigenvalue weighted by Crippen LogP contribution is 2.14. The molecule has 0 aromatic heterocycles. The number of nitro groups is 1. The Labute approximate surface area is 144 Å². The van der Waals surface area contributed by atoms with Crippen LogP contribution in [-0.4, -0.2) is 27.9 Å². The first kappa shape index (κ1) is 18.1. The van der Waals surface area contributed by atoms with Gasteiger partial charge < -0.3 is 10.4 Å². The number of non-ortho nitro benzene ring substituents is 1. The van der Waals surface area contributed by atoms with Gasteiger partial charge in [0, 0.05) is 18.6 Å². The van der Waals surface area contributed by atoms with E-state index in [1.165, 1.54) is 18.2 Å². The third kappa shape index (κ3) is 5.13. The zero-order chi connectivity index (χ0) is 18.4. The van der Waals surface area contributed by atoms with E-state index < -0.39 is 22.8 Å². The Hall–Kier alpha value is -3.22. The maximum atomic E-state index is 12.1. The van der Waals surface area contributed by atoms with Gasteiger partial charge in [0.2, 0.25) is 5.91 Å². The number of hydrogen-bond acceptors (Lipinski definition) is 4. The first-order valence-corrected chi connectivity index (χ1v) is 7.67. The fourth-order valence-corrected chi connectivity index (χ4v) is 2.47. The van der Waals surface area contributed by atoms with E-state index in [0.29, 0.717) is 5.56 Å². The smallest absolute Gasteiger partial charge is 0.326 e. The van der Waals surface area contributed by atoms with Crippen LogP contribution in [0.15, 0.2) is 48.5 Å². The maximum absolute atomic E-state index is 12.1. The second-order valence-electron chi connectivity index (χ2n) is 5.69. The Morgan fingerprint density at radius 2 is 1.92 bits per heavy atom. The van der Waals surface area contributed by atoms with Gasteiger partial charge in [-0.25, -0.2) is 4.79 Å². The van der Waals surface area contributed by atoms with E-state index >= 15 is 0 Å². The maximum Gasteiger partial charge on any atom is 0.326 e. The number of carboxylic acids is 1. The second kappa shape index (κ2) is 8.05. The number of nitrogens with zero attached hydrogens (tertiary/aromatic N) is 1. The molecule has 2 N–H and O–H groups in total. The van der Waals surface area contributed by atoms with Gasteiger partial charge in [0.1, 0.15) is 6.04 Å². The Kier molecular flexibility index (Phi) is 5.84. The summed E-state index contributed by atoms with van der Waals surface area (Å²) in [5, 5.41) is 22.6. The highest BCUT2D eigenvalue weighted by molar-refractivity contribution is 5.85. The lowest BCUT2D eigenvalue weighted by Crippen LogP contribution is -2.43. The van der Waals surface area contributed by atoms with Crippen LogP contribution < -0.4 is 5.32 Å². The summed E-state index contributed by atoms with van der Waals surface area (Å²) < 4.78 is 0. The Morgan fingerprint density at radius 1 is 1.20 bits per heavy atom. The fourth-order valence-electron chi connectivity index (χ4n) is 2.47. The molecular formula is C18H18N2O5. The predicted octanol–water partition coefficient (Wildman–Crippen LogP) is 2.26. The highest BCUT2D eigenvalue weighted by atomic mass is 16.6. The lowest BCUT2D eigenvalue weighted by molar-refractivity contribution is -0.384. The van der Waals surface area contributed by atoms with E-state index in [1.807, 2.05) is 31.2 Å². The Balaban J connectivity index is 2.05. The number of aliphatic carboxylic acids is 1. The molecule has 2 aromatic carbocycles. The van der Waals surface area contributed by atoms with Gasteiger partial charge >= 0.3 is 5.97 Å². The zero-order valence-electron chi connectivity index (χ0n) is 13.6. The fraction of sp³-hybridized carbons (Fsp3) is 0.222. The number of benzene rings is 2. The van der Waals surface area contributed by atoms with Gasteiger partial charge in [-0.2, -0.15) is 0 Å². The summed E-state index contributed by atoms with van der Waals surface area (Å²) in [6, 6.07) is 12.0. The number of rotatable bonds is 7. The molecule has 0 bridgehead atoms. The summed E-state index contributed by atoms with van der Waals surface area (Å²) in [6.45, 7) is 1.87. The van der Waals surface area contributed by atoms with Gasteiger partial charge in [0.25, 0.3) is 5.69 Å². The van der Waals surface area contributed by atoms with Crippen molar-refractivity contribution in [3.05, 3.63) is 75.3 Å². The molecule has 0 aliphatic carbocycles. The van der Waals surface area contributed by atoms with Crippen molar-refractivity contribution in [2.24, 2.45) is 0 Å². The average Bonchev–Trinajstić information content (AvgIpc) is 2.56. The molecule has 130 valence electrons. The van der Waals surface area contributed by atoms with Crippen LogP contribution in [0.3, 0.4) is 0 Å². The molecule has 0 spiro atoms. The molecule has 0 aliphatic heterocycles. The zero-order valence-corrected chi connectivity index (χ0v) is 13.6. The Bertz CT molecular complexity index is 804. The van der Waals surface area contributed by atoms with Crippen molar-refractivity contribution in [3.8, 4) is 0 Å². The number of hydrogen-bond donors (Lipinski definition) is 2. The van der Waals surface area contributed by atoms with E-state index in [4.69, 9.17) is 0 Å². The lowest BCUT2D eigenvalue weighted by atomic mass is 10.0. The molecular weight excluding hydrogens is 324 g/mol. The average molecular weight is 342 g/mol. The minimum atomic E-state index is -1.13. The number of carboxylic acid groups (broad SMARTS) is 1.